The van der Waals surface area contributed by atoms with Crippen molar-refractivity contribution in [2.24, 2.45) is 0 Å². The molecular formula is C28H23NO2. The maximum atomic E-state index is 10.5. The topological polar surface area (TPSA) is 53.4 Å². The SMILES string of the molecule is CO.Oc1cc(-c2ccccc2)c(-c2ccc3ccccc3n2)c(-c2ccccc2)c1. The molecule has 4 aromatic carbocycles. The average Bonchev–Trinajstić information content (AvgIpc) is 2.85. The summed E-state index contributed by atoms with van der Waals surface area (Å²) in [5.74, 6) is 0.243. The second-order valence-electron chi connectivity index (χ2n) is 7.04. The minimum Gasteiger partial charge on any atom is -0.508 e. The number of hydrogen-bond donors (Lipinski definition) is 2. The van der Waals surface area contributed by atoms with Crippen LogP contribution in [0.15, 0.2) is 109 Å². The van der Waals surface area contributed by atoms with E-state index in [0.29, 0.717) is 0 Å². The van der Waals surface area contributed by atoms with Crippen molar-refractivity contribution >= 4 is 10.9 Å². The Morgan fingerprint density at radius 2 is 1.10 bits per heavy atom. The number of fused-ring (bicyclic) bond motifs is 1. The van der Waals surface area contributed by atoms with Gasteiger partial charge in [-0.15, -0.1) is 0 Å². The van der Waals surface area contributed by atoms with Gasteiger partial charge in [0.15, 0.2) is 0 Å². The number of aliphatic hydroxyl groups is 1. The van der Waals surface area contributed by atoms with E-state index in [1.165, 1.54) is 0 Å². The van der Waals surface area contributed by atoms with Gasteiger partial charge in [0.05, 0.1) is 11.2 Å². The predicted octanol–water partition coefficient (Wildman–Crippen LogP) is 6.55. The molecule has 5 rings (SSSR count). The smallest absolute Gasteiger partial charge is 0.116 e. The second-order valence-corrected chi connectivity index (χ2v) is 7.04. The van der Waals surface area contributed by atoms with E-state index in [1.54, 1.807) is 0 Å². The monoisotopic (exact) mass is 405 g/mol. The number of nitrogens with zero attached hydrogens (tertiary/aromatic N) is 1. The lowest BCUT2D eigenvalue weighted by Gasteiger charge is -2.17. The summed E-state index contributed by atoms with van der Waals surface area (Å²) in [6, 6.07) is 36.3. The first-order valence-electron chi connectivity index (χ1n) is 10.1. The predicted molar refractivity (Wildman–Crippen MR) is 128 cm³/mol. The van der Waals surface area contributed by atoms with Crippen LogP contribution < -0.4 is 0 Å². The van der Waals surface area contributed by atoms with E-state index in [2.05, 4.69) is 42.5 Å². The van der Waals surface area contributed by atoms with E-state index in [9.17, 15) is 5.11 Å². The molecule has 3 nitrogen and oxygen atoms in total. The number of aliphatic hydroxyl groups excluding tert-OH is 1. The number of phenolic OH excluding ortho intramolecular Hbond substituents is 1. The van der Waals surface area contributed by atoms with Crippen LogP contribution in [0, 0.1) is 0 Å². The van der Waals surface area contributed by atoms with E-state index >= 15 is 0 Å². The molecule has 0 bridgehead atoms. The maximum absolute atomic E-state index is 10.5. The van der Waals surface area contributed by atoms with E-state index in [-0.39, 0.29) is 5.75 Å². The van der Waals surface area contributed by atoms with E-state index in [0.717, 1.165) is 51.5 Å². The van der Waals surface area contributed by atoms with Crippen molar-refractivity contribution in [2.75, 3.05) is 7.11 Å². The summed E-state index contributed by atoms with van der Waals surface area (Å²) in [6.45, 7) is 0. The minimum absolute atomic E-state index is 0.243. The minimum atomic E-state index is 0.243. The van der Waals surface area contributed by atoms with Gasteiger partial charge in [-0.3, -0.25) is 0 Å². The Morgan fingerprint density at radius 3 is 1.68 bits per heavy atom. The summed E-state index contributed by atoms with van der Waals surface area (Å²) in [4.78, 5) is 4.97. The van der Waals surface area contributed by atoms with Gasteiger partial charge in [0.25, 0.3) is 0 Å². The summed E-state index contributed by atoms with van der Waals surface area (Å²) in [5.41, 5.74) is 6.89. The fourth-order valence-corrected chi connectivity index (χ4v) is 3.80. The molecule has 0 aliphatic carbocycles. The van der Waals surface area contributed by atoms with Crippen LogP contribution >= 0.6 is 0 Å². The van der Waals surface area contributed by atoms with Crippen molar-refractivity contribution in [3.63, 3.8) is 0 Å². The lowest BCUT2D eigenvalue weighted by Crippen LogP contribution is -1.93. The fraction of sp³-hybridized carbons (Fsp3) is 0.0357. The molecule has 0 fully saturated rings. The summed E-state index contributed by atoms with van der Waals surface area (Å²) in [6.07, 6.45) is 0. The van der Waals surface area contributed by atoms with E-state index in [4.69, 9.17) is 10.1 Å². The number of rotatable bonds is 3. The number of aromatic hydroxyl groups is 1. The zero-order chi connectivity index (χ0) is 21.6. The highest BCUT2D eigenvalue weighted by atomic mass is 16.3. The van der Waals surface area contributed by atoms with Crippen molar-refractivity contribution in [2.45, 2.75) is 0 Å². The molecule has 0 saturated heterocycles. The van der Waals surface area contributed by atoms with Gasteiger partial charge in [-0.25, -0.2) is 4.98 Å². The Bertz CT molecular complexity index is 1240. The Balaban J connectivity index is 0.00000112. The summed E-state index contributed by atoms with van der Waals surface area (Å²) in [7, 11) is 1.00. The van der Waals surface area contributed by atoms with Crippen LogP contribution in [0.1, 0.15) is 0 Å². The molecule has 0 atom stereocenters. The first-order chi connectivity index (χ1) is 15.3. The second kappa shape index (κ2) is 9.24. The van der Waals surface area contributed by atoms with Crippen LogP contribution in [0.5, 0.6) is 5.75 Å². The normalized spacial score (nSPS) is 10.4. The third-order valence-corrected chi connectivity index (χ3v) is 5.15. The van der Waals surface area contributed by atoms with Crippen molar-refractivity contribution in [1.82, 2.24) is 4.98 Å². The molecular weight excluding hydrogens is 382 g/mol. The summed E-state index contributed by atoms with van der Waals surface area (Å²) < 4.78 is 0. The number of benzene rings is 4. The van der Waals surface area contributed by atoms with Crippen molar-refractivity contribution in [3.05, 3.63) is 109 Å². The van der Waals surface area contributed by atoms with Crippen LogP contribution in [-0.4, -0.2) is 22.3 Å². The molecule has 31 heavy (non-hydrogen) atoms. The third-order valence-electron chi connectivity index (χ3n) is 5.15. The van der Waals surface area contributed by atoms with Gasteiger partial charge in [-0.05, 0) is 46.5 Å². The molecule has 152 valence electrons. The quantitative estimate of drug-likeness (QED) is 0.358. The van der Waals surface area contributed by atoms with Gasteiger partial charge in [0.2, 0.25) is 0 Å². The lowest BCUT2D eigenvalue weighted by atomic mass is 9.89. The standard InChI is InChI=1S/C27H19NO.CH4O/c29-22-17-23(19-9-3-1-4-10-19)27(24(18-22)20-11-5-2-6-12-20)26-16-15-21-13-7-8-14-25(21)28-26;1-2/h1-18,29H;2H,1H3. The molecule has 2 N–H and O–H groups in total. The van der Waals surface area contributed by atoms with Gasteiger partial charge in [-0.1, -0.05) is 84.9 Å². The highest BCUT2D eigenvalue weighted by Crippen LogP contribution is 2.42. The maximum Gasteiger partial charge on any atom is 0.116 e. The first-order valence-corrected chi connectivity index (χ1v) is 10.1. The number of aromatic nitrogens is 1. The zero-order valence-corrected chi connectivity index (χ0v) is 17.2. The van der Waals surface area contributed by atoms with Crippen LogP contribution in [0.3, 0.4) is 0 Å². The molecule has 0 unspecified atom stereocenters. The number of pyridine rings is 1. The molecule has 0 spiro atoms. The number of hydrogen-bond acceptors (Lipinski definition) is 3. The molecule has 3 heteroatoms. The molecule has 0 saturated carbocycles. The number of para-hydroxylation sites is 1. The highest BCUT2D eigenvalue weighted by molar-refractivity contribution is 5.96. The Morgan fingerprint density at radius 1 is 0.581 bits per heavy atom. The van der Waals surface area contributed by atoms with Crippen LogP contribution in [0.25, 0.3) is 44.4 Å². The van der Waals surface area contributed by atoms with Crippen molar-refractivity contribution in [3.8, 4) is 39.3 Å². The highest BCUT2D eigenvalue weighted by Gasteiger charge is 2.17. The molecule has 0 radical (unpaired) electrons. The third kappa shape index (κ3) is 4.18. The summed E-state index contributed by atoms with van der Waals surface area (Å²) >= 11 is 0. The first kappa shape index (κ1) is 20.3. The van der Waals surface area contributed by atoms with Crippen LogP contribution in [-0.2, 0) is 0 Å². The van der Waals surface area contributed by atoms with Crippen molar-refractivity contribution < 1.29 is 10.2 Å². The molecule has 0 aliphatic heterocycles. The van der Waals surface area contributed by atoms with Gasteiger partial charge < -0.3 is 10.2 Å². The van der Waals surface area contributed by atoms with Gasteiger partial charge in [0, 0.05) is 18.1 Å². The van der Waals surface area contributed by atoms with Crippen LogP contribution in [0.2, 0.25) is 0 Å². The Hall–Kier alpha value is -3.95. The van der Waals surface area contributed by atoms with Crippen LogP contribution in [0.4, 0.5) is 0 Å². The molecule has 1 heterocycles. The zero-order valence-electron chi connectivity index (χ0n) is 17.2. The lowest BCUT2D eigenvalue weighted by molar-refractivity contribution is 0.399. The Labute approximate surface area is 181 Å². The van der Waals surface area contributed by atoms with Gasteiger partial charge in [-0.2, -0.15) is 0 Å². The fourth-order valence-electron chi connectivity index (χ4n) is 3.80. The van der Waals surface area contributed by atoms with E-state index < -0.39 is 0 Å². The molecule has 1 aromatic heterocycles. The largest absolute Gasteiger partial charge is 0.508 e. The molecule has 0 amide bonds. The van der Waals surface area contributed by atoms with Gasteiger partial charge in [0.1, 0.15) is 5.75 Å². The van der Waals surface area contributed by atoms with Gasteiger partial charge >= 0.3 is 0 Å². The molecule has 0 aliphatic rings. The van der Waals surface area contributed by atoms with Crippen molar-refractivity contribution in [1.29, 1.82) is 0 Å². The average molecular weight is 405 g/mol. The number of phenols is 1. The Kier molecular flexibility index (Phi) is 6.06. The molecule has 5 aromatic rings. The van der Waals surface area contributed by atoms with E-state index in [1.807, 2.05) is 66.7 Å². The summed E-state index contributed by atoms with van der Waals surface area (Å²) in [5, 5.41) is 18.6.